The van der Waals surface area contributed by atoms with Crippen LogP contribution in [0.15, 0.2) is 0 Å². The lowest BCUT2D eigenvalue weighted by atomic mass is 10.2. The maximum atomic E-state index is 10.9. The fourth-order valence-corrected chi connectivity index (χ4v) is 0.915. The number of hydrogen-bond acceptors (Lipinski definition) is 2. The van der Waals surface area contributed by atoms with Gasteiger partial charge in [-0.25, -0.2) is 4.79 Å². The zero-order chi connectivity index (χ0) is 9.94. The van der Waals surface area contributed by atoms with Crippen LogP contribution in [-0.4, -0.2) is 19.2 Å². The third kappa shape index (κ3) is 9.18. The lowest BCUT2D eigenvalue weighted by molar-refractivity contribution is 0.146. The number of alkyl carbamates (subject to hydrolysis) is 1. The summed E-state index contributed by atoms with van der Waals surface area (Å²) in [6.07, 6.45) is 4.81. The maximum absolute atomic E-state index is 10.9. The van der Waals surface area contributed by atoms with Crippen molar-refractivity contribution < 1.29 is 9.53 Å². The van der Waals surface area contributed by atoms with Crippen LogP contribution in [0.25, 0.3) is 0 Å². The standard InChI is InChI=1S/C10H20NO2/c1-3-5-6-7-8-11-10(12)13-9-4-2/h1,3-9H2,2H3,(H,11,12). The molecule has 0 aromatic carbocycles. The third-order valence-corrected chi connectivity index (χ3v) is 1.63. The lowest BCUT2D eigenvalue weighted by Gasteiger charge is -2.04. The average Bonchev–Trinajstić information content (AvgIpc) is 2.14. The largest absolute Gasteiger partial charge is 0.450 e. The van der Waals surface area contributed by atoms with E-state index in [0.717, 1.165) is 32.1 Å². The predicted octanol–water partition coefficient (Wildman–Crippen LogP) is 2.52. The molecule has 77 valence electrons. The number of carbonyl (C=O) groups excluding carboxylic acids is 1. The monoisotopic (exact) mass is 186 g/mol. The van der Waals surface area contributed by atoms with Crippen molar-refractivity contribution in [1.82, 2.24) is 5.32 Å². The van der Waals surface area contributed by atoms with Gasteiger partial charge in [0.2, 0.25) is 0 Å². The molecular weight excluding hydrogens is 166 g/mol. The van der Waals surface area contributed by atoms with Gasteiger partial charge in [-0.2, -0.15) is 0 Å². The number of hydrogen-bond donors (Lipinski definition) is 1. The van der Waals surface area contributed by atoms with Crippen molar-refractivity contribution in [3.8, 4) is 0 Å². The van der Waals surface area contributed by atoms with Gasteiger partial charge in [0.25, 0.3) is 0 Å². The first-order chi connectivity index (χ1) is 6.31. The Bertz CT molecular complexity index is 126. The molecule has 0 spiro atoms. The zero-order valence-corrected chi connectivity index (χ0v) is 8.47. The molecule has 1 radical (unpaired) electrons. The second-order valence-corrected chi connectivity index (χ2v) is 2.98. The highest BCUT2D eigenvalue weighted by molar-refractivity contribution is 5.66. The Morgan fingerprint density at radius 1 is 1.38 bits per heavy atom. The van der Waals surface area contributed by atoms with Crippen LogP contribution in [0.5, 0.6) is 0 Å². The van der Waals surface area contributed by atoms with Crippen LogP contribution in [0.2, 0.25) is 0 Å². The van der Waals surface area contributed by atoms with Gasteiger partial charge in [0.15, 0.2) is 0 Å². The first kappa shape index (κ1) is 12.3. The van der Waals surface area contributed by atoms with Crippen molar-refractivity contribution in [2.75, 3.05) is 13.2 Å². The first-order valence-corrected chi connectivity index (χ1v) is 5.01. The average molecular weight is 186 g/mol. The maximum Gasteiger partial charge on any atom is 0.407 e. The van der Waals surface area contributed by atoms with Gasteiger partial charge in [-0.1, -0.05) is 33.1 Å². The molecule has 0 saturated carbocycles. The molecule has 1 amide bonds. The topological polar surface area (TPSA) is 38.3 Å². The molecular formula is C10H20NO2. The summed E-state index contributed by atoms with van der Waals surface area (Å²) in [4.78, 5) is 10.9. The Balaban J connectivity index is 3.08. The number of nitrogens with one attached hydrogen (secondary N) is 1. The minimum absolute atomic E-state index is 0.295. The van der Waals surface area contributed by atoms with Gasteiger partial charge in [-0.15, -0.1) is 0 Å². The smallest absolute Gasteiger partial charge is 0.407 e. The second-order valence-electron chi connectivity index (χ2n) is 2.98. The van der Waals surface area contributed by atoms with E-state index < -0.39 is 0 Å². The van der Waals surface area contributed by atoms with Crippen molar-refractivity contribution in [2.45, 2.75) is 39.0 Å². The van der Waals surface area contributed by atoms with E-state index in [-0.39, 0.29) is 6.09 Å². The van der Waals surface area contributed by atoms with Gasteiger partial charge in [0, 0.05) is 6.54 Å². The van der Waals surface area contributed by atoms with E-state index in [2.05, 4.69) is 12.2 Å². The van der Waals surface area contributed by atoms with E-state index in [4.69, 9.17) is 4.74 Å². The molecule has 0 aliphatic heterocycles. The fraction of sp³-hybridized carbons (Fsp3) is 0.800. The molecule has 0 atom stereocenters. The highest BCUT2D eigenvalue weighted by Crippen LogP contribution is 1.96. The number of ether oxygens (including phenoxy) is 1. The summed E-state index contributed by atoms with van der Waals surface area (Å²) in [5.41, 5.74) is 0. The van der Waals surface area contributed by atoms with Crippen LogP contribution in [-0.2, 0) is 4.74 Å². The van der Waals surface area contributed by atoms with Gasteiger partial charge in [-0.3, -0.25) is 0 Å². The molecule has 3 nitrogen and oxygen atoms in total. The molecule has 3 heteroatoms. The summed E-state index contributed by atoms with van der Waals surface area (Å²) in [6, 6.07) is 0. The minimum Gasteiger partial charge on any atom is -0.450 e. The lowest BCUT2D eigenvalue weighted by Crippen LogP contribution is -2.25. The molecule has 0 bridgehead atoms. The van der Waals surface area contributed by atoms with Crippen LogP contribution < -0.4 is 5.32 Å². The summed E-state index contributed by atoms with van der Waals surface area (Å²) in [7, 11) is 0. The Morgan fingerprint density at radius 2 is 2.15 bits per heavy atom. The van der Waals surface area contributed by atoms with Crippen molar-refractivity contribution >= 4 is 6.09 Å². The minimum atomic E-state index is -0.295. The highest BCUT2D eigenvalue weighted by Gasteiger charge is 1.98. The van der Waals surface area contributed by atoms with Crippen LogP contribution in [0, 0.1) is 6.92 Å². The number of amides is 1. The van der Waals surface area contributed by atoms with E-state index in [1.165, 1.54) is 0 Å². The summed E-state index contributed by atoms with van der Waals surface area (Å²) < 4.78 is 4.84. The van der Waals surface area contributed by atoms with Crippen LogP contribution >= 0.6 is 0 Å². The molecule has 1 N–H and O–H groups in total. The van der Waals surface area contributed by atoms with Gasteiger partial charge in [0.05, 0.1) is 6.61 Å². The molecule has 0 saturated heterocycles. The molecule has 13 heavy (non-hydrogen) atoms. The summed E-state index contributed by atoms with van der Waals surface area (Å²) in [5.74, 6) is 0. The molecule has 0 aromatic heterocycles. The molecule has 0 aliphatic carbocycles. The molecule has 0 aromatic rings. The Labute approximate surface area is 80.8 Å². The molecule has 0 fully saturated rings. The van der Waals surface area contributed by atoms with Crippen molar-refractivity contribution in [1.29, 1.82) is 0 Å². The Kier molecular flexibility index (Phi) is 8.83. The SMILES string of the molecule is [CH2]CCCCCNC(=O)OCCC. The summed E-state index contributed by atoms with van der Waals surface area (Å²) in [5, 5.41) is 2.69. The van der Waals surface area contributed by atoms with E-state index >= 15 is 0 Å². The van der Waals surface area contributed by atoms with E-state index in [1.807, 2.05) is 6.92 Å². The molecule has 0 unspecified atom stereocenters. The van der Waals surface area contributed by atoms with Crippen molar-refractivity contribution in [2.24, 2.45) is 0 Å². The van der Waals surface area contributed by atoms with Gasteiger partial charge in [0.1, 0.15) is 0 Å². The Hall–Kier alpha value is -0.730. The van der Waals surface area contributed by atoms with Gasteiger partial charge in [-0.05, 0) is 12.8 Å². The normalized spacial score (nSPS) is 9.69. The predicted molar refractivity (Wildman–Crippen MR) is 53.5 cm³/mol. The first-order valence-electron chi connectivity index (χ1n) is 5.01. The molecule has 0 heterocycles. The van der Waals surface area contributed by atoms with Crippen LogP contribution in [0.4, 0.5) is 4.79 Å². The van der Waals surface area contributed by atoms with Crippen molar-refractivity contribution in [3.63, 3.8) is 0 Å². The van der Waals surface area contributed by atoms with Crippen LogP contribution in [0.1, 0.15) is 39.0 Å². The number of unbranched alkanes of at least 4 members (excludes halogenated alkanes) is 3. The highest BCUT2D eigenvalue weighted by atomic mass is 16.5. The number of rotatable bonds is 7. The zero-order valence-electron chi connectivity index (χ0n) is 8.47. The third-order valence-electron chi connectivity index (χ3n) is 1.63. The Morgan fingerprint density at radius 3 is 2.77 bits per heavy atom. The molecule has 0 rings (SSSR count). The van der Waals surface area contributed by atoms with E-state index in [1.54, 1.807) is 0 Å². The van der Waals surface area contributed by atoms with Crippen LogP contribution in [0.3, 0.4) is 0 Å². The quantitative estimate of drug-likeness (QED) is 0.620. The fourth-order valence-electron chi connectivity index (χ4n) is 0.915. The van der Waals surface area contributed by atoms with E-state index in [0.29, 0.717) is 13.2 Å². The van der Waals surface area contributed by atoms with E-state index in [9.17, 15) is 4.79 Å². The van der Waals surface area contributed by atoms with Gasteiger partial charge >= 0.3 is 6.09 Å². The number of carbonyl (C=O) groups is 1. The summed E-state index contributed by atoms with van der Waals surface area (Å²) >= 11 is 0. The second kappa shape index (κ2) is 9.36. The summed E-state index contributed by atoms with van der Waals surface area (Å²) in [6.45, 7) is 6.94. The molecule has 0 aliphatic rings. The van der Waals surface area contributed by atoms with Crippen molar-refractivity contribution in [3.05, 3.63) is 6.92 Å². The van der Waals surface area contributed by atoms with Gasteiger partial charge < -0.3 is 10.1 Å².